The van der Waals surface area contributed by atoms with E-state index in [1.807, 2.05) is 0 Å². The lowest BCUT2D eigenvalue weighted by Gasteiger charge is -2.17. The summed E-state index contributed by atoms with van der Waals surface area (Å²) in [5.41, 5.74) is 0.328. The van der Waals surface area contributed by atoms with Crippen LogP contribution in [-0.4, -0.2) is 39.8 Å². The number of nitrogens with zero attached hydrogens (tertiary/aromatic N) is 3. The van der Waals surface area contributed by atoms with E-state index in [-0.39, 0.29) is 29.4 Å². The number of aromatic nitrogens is 2. The number of carbonyl (C=O) groups excluding carboxylic acids is 1. The van der Waals surface area contributed by atoms with Crippen molar-refractivity contribution in [3.05, 3.63) is 52.1 Å². The Labute approximate surface area is 121 Å². The summed E-state index contributed by atoms with van der Waals surface area (Å²) in [7, 11) is 3.16. The molecule has 2 rings (SSSR count). The van der Waals surface area contributed by atoms with Crippen LogP contribution in [0.4, 0.5) is 11.4 Å². The number of imidazole rings is 1. The molecule has 0 unspecified atom stereocenters. The molecule has 2 N–H and O–H groups in total. The van der Waals surface area contributed by atoms with Gasteiger partial charge in [-0.3, -0.25) is 14.9 Å². The average molecular weight is 289 g/mol. The normalized spacial score (nSPS) is 10.2. The molecule has 8 nitrogen and oxygen atoms in total. The number of anilines is 1. The van der Waals surface area contributed by atoms with Crippen molar-refractivity contribution in [3.8, 4) is 0 Å². The standard InChI is InChI=1S/C13H15N5O3/c1-14-12-9(4-3-5-10(12)18(20)21)13(19)17(2)8-11-15-6-7-16-11/h3-7,14H,8H2,1-2H3,(H,15,16). The van der Waals surface area contributed by atoms with Gasteiger partial charge in [-0.05, 0) is 6.07 Å². The third kappa shape index (κ3) is 2.99. The van der Waals surface area contributed by atoms with Gasteiger partial charge in [-0.1, -0.05) is 6.07 Å². The van der Waals surface area contributed by atoms with Crippen LogP contribution >= 0.6 is 0 Å². The molecular formula is C13H15N5O3. The third-order valence-corrected chi connectivity index (χ3v) is 3.01. The van der Waals surface area contributed by atoms with Crippen LogP contribution in [0.1, 0.15) is 16.2 Å². The van der Waals surface area contributed by atoms with Crippen LogP contribution in [0.3, 0.4) is 0 Å². The summed E-state index contributed by atoms with van der Waals surface area (Å²) >= 11 is 0. The minimum absolute atomic E-state index is 0.130. The molecule has 110 valence electrons. The second-order valence-corrected chi connectivity index (χ2v) is 4.40. The SMILES string of the molecule is CNc1c(C(=O)N(C)Cc2ncc[nH]2)cccc1[N+](=O)[O-]. The fraction of sp³-hybridized carbons (Fsp3) is 0.231. The van der Waals surface area contributed by atoms with Gasteiger partial charge >= 0.3 is 0 Å². The fourth-order valence-corrected chi connectivity index (χ4v) is 2.02. The molecule has 0 aliphatic heterocycles. The molecular weight excluding hydrogens is 274 g/mol. The molecule has 0 saturated carbocycles. The van der Waals surface area contributed by atoms with Gasteiger partial charge in [0.15, 0.2) is 0 Å². The lowest BCUT2D eigenvalue weighted by atomic mass is 10.1. The van der Waals surface area contributed by atoms with Crippen molar-refractivity contribution in [2.45, 2.75) is 6.54 Å². The molecule has 8 heteroatoms. The van der Waals surface area contributed by atoms with Crippen LogP contribution in [0.5, 0.6) is 0 Å². The Morgan fingerprint density at radius 1 is 1.52 bits per heavy atom. The Bertz CT molecular complexity index is 654. The van der Waals surface area contributed by atoms with Gasteiger partial charge in [-0.2, -0.15) is 0 Å². The average Bonchev–Trinajstić information content (AvgIpc) is 2.98. The maximum atomic E-state index is 12.4. The van der Waals surface area contributed by atoms with Gasteiger partial charge < -0.3 is 15.2 Å². The second kappa shape index (κ2) is 6.04. The molecule has 0 bridgehead atoms. The van der Waals surface area contributed by atoms with Crippen molar-refractivity contribution in [3.63, 3.8) is 0 Å². The molecule has 21 heavy (non-hydrogen) atoms. The molecule has 0 atom stereocenters. The number of rotatable bonds is 5. The molecule has 0 radical (unpaired) electrons. The van der Waals surface area contributed by atoms with Crippen molar-refractivity contribution in [1.29, 1.82) is 0 Å². The number of carbonyl (C=O) groups is 1. The fourth-order valence-electron chi connectivity index (χ4n) is 2.02. The minimum atomic E-state index is -0.519. The van der Waals surface area contributed by atoms with Gasteiger partial charge in [0, 0.05) is 32.6 Å². The van der Waals surface area contributed by atoms with E-state index in [4.69, 9.17) is 0 Å². The molecule has 1 heterocycles. The molecule has 1 aromatic carbocycles. The number of hydrogen-bond donors (Lipinski definition) is 2. The van der Waals surface area contributed by atoms with E-state index in [0.29, 0.717) is 5.82 Å². The number of hydrogen-bond acceptors (Lipinski definition) is 5. The number of nitro groups is 1. The van der Waals surface area contributed by atoms with Gasteiger partial charge in [0.05, 0.1) is 17.0 Å². The zero-order chi connectivity index (χ0) is 15.4. The lowest BCUT2D eigenvalue weighted by Crippen LogP contribution is -2.27. The van der Waals surface area contributed by atoms with Crippen LogP contribution in [0.2, 0.25) is 0 Å². The van der Waals surface area contributed by atoms with E-state index in [0.717, 1.165) is 0 Å². The van der Waals surface area contributed by atoms with Gasteiger partial charge in [-0.15, -0.1) is 0 Å². The quantitative estimate of drug-likeness (QED) is 0.643. The Balaban J connectivity index is 2.30. The Hall–Kier alpha value is -2.90. The number of nitro benzene ring substituents is 1. The largest absolute Gasteiger partial charge is 0.382 e. The Morgan fingerprint density at radius 3 is 2.86 bits per heavy atom. The molecule has 0 aliphatic carbocycles. The molecule has 2 aromatic rings. The zero-order valence-electron chi connectivity index (χ0n) is 11.7. The number of para-hydroxylation sites is 1. The first-order chi connectivity index (χ1) is 10.0. The number of nitrogens with one attached hydrogen (secondary N) is 2. The summed E-state index contributed by atoms with van der Waals surface area (Å²) in [6, 6.07) is 4.40. The van der Waals surface area contributed by atoms with Crippen molar-refractivity contribution >= 4 is 17.3 Å². The van der Waals surface area contributed by atoms with Crippen molar-refractivity contribution < 1.29 is 9.72 Å². The highest BCUT2D eigenvalue weighted by Crippen LogP contribution is 2.28. The molecule has 0 saturated heterocycles. The Kier molecular flexibility index (Phi) is 4.17. The lowest BCUT2D eigenvalue weighted by molar-refractivity contribution is -0.384. The van der Waals surface area contributed by atoms with Crippen LogP contribution < -0.4 is 5.32 Å². The van der Waals surface area contributed by atoms with Crippen molar-refractivity contribution in [1.82, 2.24) is 14.9 Å². The molecule has 0 spiro atoms. The second-order valence-electron chi connectivity index (χ2n) is 4.40. The summed E-state index contributed by atoms with van der Waals surface area (Å²) in [4.78, 5) is 31.3. The molecule has 0 fully saturated rings. The van der Waals surface area contributed by atoms with E-state index >= 15 is 0 Å². The number of benzene rings is 1. The monoisotopic (exact) mass is 289 g/mol. The maximum Gasteiger partial charge on any atom is 0.293 e. The predicted molar refractivity (Wildman–Crippen MR) is 77.0 cm³/mol. The smallest absolute Gasteiger partial charge is 0.293 e. The zero-order valence-corrected chi connectivity index (χ0v) is 11.7. The van der Waals surface area contributed by atoms with Gasteiger partial charge in [0.25, 0.3) is 11.6 Å². The van der Waals surface area contributed by atoms with Crippen LogP contribution in [-0.2, 0) is 6.54 Å². The highest BCUT2D eigenvalue weighted by atomic mass is 16.6. The first-order valence-corrected chi connectivity index (χ1v) is 6.23. The summed E-state index contributed by atoms with van der Waals surface area (Å²) in [6.45, 7) is 0.289. The van der Waals surface area contributed by atoms with Crippen molar-refractivity contribution in [2.24, 2.45) is 0 Å². The summed E-state index contributed by atoms with van der Waals surface area (Å²) in [5.74, 6) is 0.321. The first-order valence-electron chi connectivity index (χ1n) is 6.23. The summed E-state index contributed by atoms with van der Waals surface area (Å²) in [5, 5.41) is 13.7. The number of aromatic amines is 1. The first kappa shape index (κ1) is 14.5. The minimum Gasteiger partial charge on any atom is -0.382 e. The highest BCUT2D eigenvalue weighted by Gasteiger charge is 2.23. The van der Waals surface area contributed by atoms with E-state index in [2.05, 4.69) is 15.3 Å². The number of amides is 1. The van der Waals surface area contributed by atoms with Crippen LogP contribution in [0.25, 0.3) is 0 Å². The van der Waals surface area contributed by atoms with Crippen LogP contribution in [0, 0.1) is 10.1 Å². The Morgan fingerprint density at radius 2 is 2.29 bits per heavy atom. The van der Waals surface area contributed by atoms with E-state index in [1.54, 1.807) is 32.6 Å². The van der Waals surface area contributed by atoms with Crippen molar-refractivity contribution in [2.75, 3.05) is 19.4 Å². The summed E-state index contributed by atoms with van der Waals surface area (Å²) in [6.07, 6.45) is 3.26. The van der Waals surface area contributed by atoms with Gasteiger partial charge in [0.2, 0.25) is 0 Å². The van der Waals surface area contributed by atoms with Gasteiger partial charge in [-0.25, -0.2) is 4.98 Å². The molecule has 0 aliphatic rings. The number of H-pyrrole nitrogens is 1. The molecule has 1 amide bonds. The highest BCUT2D eigenvalue weighted by molar-refractivity contribution is 6.01. The topological polar surface area (TPSA) is 104 Å². The van der Waals surface area contributed by atoms with E-state index in [1.165, 1.54) is 17.0 Å². The maximum absolute atomic E-state index is 12.4. The predicted octanol–water partition coefficient (Wildman–Crippen LogP) is 1.63. The third-order valence-electron chi connectivity index (χ3n) is 3.01. The van der Waals surface area contributed by atoms with E-state index < -0.39 is 4.92 Å². The van der Waals surface area contributed by atoms with Crippen LogP contribution in [0.15, 0.2) is 30.6 Å². The summed E-state index contributed by atoms with van der Waals surface area (Å²) < 4.78 is 0. The van der Waals surface area contributed by atoms with E-state index in [9.17, 15) is 14.9 Å². The molecule has 1 aromatic heterocycles. The van der Waals surface area contributed by atoms with Gasteiger partial charge in [0.1, 0.15) is 11.5 Å².